The van der Waals surface area contributed by atoms with Crippen LogP contribution in [-0.4, -0.2) is 29.5 Å². The van der Waals surface area contributed by atoms with Crippen molar-refractivity contribution in [2.24, 2.45) is 5.92 Å². The van der Waals surface area contributed by atoms with Gasteiger partial charge < -0.3 is 20.5 Å². The molecule has 0 unspecified atom stereocenters. The fourth-order valence-corrected chi connectivity index (χ4v) is 4.91. The van der Waals surface area contributed by atoms with Gasteiger partial charge in [-0.15, -0.1) is 11.3 Å². The van der Waals surface area contributed by atoms with Gasteiger partial charge in [0, 0.05) is 17.0 Å². The molecule has 3 N–H and O–H groups in total. The van der Waals surface area contributed by atoms with Crippen molar-refractivity contribution >= 4 is 39.8 Å². The number of benzene rings is 1. The van der Waals surface area contributed by atoms with Crippen molar-refractivity contribution in [1.29, 1.82) is 0 Å². The molecule has 7 nitrogen and oxygen atoms in total. The second kappa shape index (κ2) is 9.75. The molecule has 2 aromatic rings. The van der Waals surface area contributed by atoms with Crippen molar-refractivity contribution in [3.63, 3.8) is 0 Å². The lowest BCUT2D eigenvalue weighted by Crippen LogP contribution is -2.19. The quantitative estimate of drug-likeness (QED) is 0.578. The molecule has 1 aliphatic rings. The van der Waals surface area contributed by atoms with Crippen LogP contribution >= 0.6 is 11.3 Å². The van der Waals surface area contributed by atoms with Crippen molar-refractivity contribution in [3.05, 3.63) is 40.3 Å². The van der Waals surface area contributed by atoms with Crippen LogP contribution in [0.4, 0.5) is 10.7 Å². The summed E-state index contributed by atoms with van der Waals surface area (Å²) in [6.45, 7) is 4.64. The highest BCUT2D eigenvalue weighted by Crippen LogP contribution is 2.40. The van der Waals surface area contributed by atoms with Gasteiger partial charge in [0.1, 0.15) is 10.8 Å². The van der Waals surface area contributed by atoms with Crippen molar-refractivity contribution in [1.82, 2.24) is 0 Å². The fraction of sp³-hybridized carbons (Fsp3) is 0.409. The van der Waals surface area contributed by atoms with Crippen LogP contribution in [0.1, 0.15) is 53.9 Å². The first-order chi connectivity index (χ1) is 14.4. The highest BCUT2D eigenvalue weighted by Gasteiger charge is 2.28. The Labute approximate surface area is 179 Å². The number of nitrogens with one attached hydrogen (secondary N) is 2. The van der Waals surface area contributed by atoms with Crippen LogP contribution in [0.2, 0.25) is 0 Å². The van der Waals surface area contributed by atoms with Gasteiger partial charge in [0.25, 0.3) is 5.91 Å². The van der Waals surface area contributed by atoms with Crippen molar-refractivity contribution < 1.29 is 24.2 Å². The van der Waals surface area contributed by atoms with Gasteiger partial charge in [0.2, 0.25) is 5.91 Å². The molecular formula is C22H26N2O5S. The second-order valence-corrected chi connectivity index (χ2v) is 8.51. The van der Waals surface area contributed by atoms with Gasteiger partial charge >= 0.3 is 5.97 Å². The number of rotatable bonds is 8. The number of carbonyl (C=O) groups is 3. The third-order valence-corrected chi connectivity index (χ3v) is 6.15. The number of ether oxygens (including phenoxy) is 1. The first-order valence-electron chi connectivity index (χ1n) is 10.1. The third kappa shape index (κ3) is 5.38. The smallest absolute Gasteiger partial charge is 0.303 e. The maximum absolute atomic E-state index is 13.1. The number of amides is 2. The Kier molecular flexibility index (Phi) is 7.10. The van der Waals surface area contributed by atoms with Crippen LogP contribution in [0, 0.1) is 5.92 Å². The number of aliphatic carboxylic acids is 1. The van der Waals surface area contributed by atoms with Gasteiger partial charge in [-0.2, -0.15) is 0 Å². The zero-order valence-corrected chi connectivity index (χ0v) is 17.9. The van der Waals surface area contributed by atoms with Crippen LogP contribution in [0.15, 0.2) is 24.3 Å². The molecule has 1 aromatic heterocycles. The zero-order valence-electron chi connectivity index (χ0n) is 17.1. The van der Waals surface area contributed by atoms with Gasteiger partial charge in [-0.25, -0.2) is 0 Å². The molecule has 0 bridgehead atoms. The number of hydrogen-bond acceptors (Lipinski definition) is 5. The Balaban J connectivity index is 1.82. The minimum Gasteiger partial charge on any atom is -0.494 e. The molecular weight excluding hydrogens is 404 g/mol. The second-order valence-electron chi connectivity index (χ2n) is 7.41. The summed E-state index contributed by atoms with van der Waals surface area (Å²) >= 11 is 1.42. The minimum absolute atomic E-state index is 0.131. The molecule has 0 spiro atoms. The van der Waals surface area contributed by atoms with Gasteiger partial charge in [-0.05, 0) is 61.9 Å². The van der Waals surface area contributed by atoms with Crippen LogP contribution in [0.25, 0.3) is 0 Å². The van der Waals surface area contributed by atoms with E-state index in [1.807, 2.05) is 6.92 Å². The molecule has 1 atom stereocenters. The molecule has 1 heterocycles. The van der Waals surface area contributed by atoms with Crippen LogP contribution < -0.4 is 15.4 Å². The Hall–Kier alpha value is -2.87. The average molecular weight is 431 g/mol. The molecule has 0 aliphatic heterocycles. The summed E-state index contributed by atoms with van der Waals surface area (Å²) < 4.78 is 5.42. The molecule has 0 saturated carbocycles. The Bertz CT molecular complexity index is 936. The Morgan fingerprint density at radius 1 is 1.17 bits per heavy atom. The molecule has 2 amide bonds. The van der Waals surface area contributed by atoms with Crippen molar-refractivity contribution in [2.45, 2.75) is 46.0 Å². The highest BCUT2D eigenvalue weighted by molar-refractivity contribution is 7.17. The lowest BCUT2D eigenvalue weighted by atomic mass is 9.88. The predicted octanol–water partition coefficient (Wildman–Crippen LogP) is 4.33. The van der Waals surface area contributed by atoms with E-state index in [2.05, 4.69) is 17.6 Å². The van der Waals surface area contributed by atoms with Crippen molar-refractivity contribution in [3.8, 4) is 5.75 Å². The first-order valence-corrected chi connectivity index (χ1v) is 10.9. The average Bonchev–Trinajstić information content (AvgIpc) is 3.04. The summed E-state index contributed by atoms with van der Waals surface area (Å²) in [5, 5.41) is 15.0. The number of thiophene rings is 1. The molecule has 3 rings (SSSR count). The summed E-state index contributed by atoms with van der Waals surface area (Å²) in [6.07, 6.45) is 2.26. The van der Waals surface area contributed by atoms with E-state index in [9.17, 15) is 14.4 Å². The number of carboxylic acid groups (broad SMARTS) is 1. The standard InChI is InChI=1S/C22H26N2O5S/c1-3-29-15-7-5-14(6-8-15)23-21(28)20-16-9-4-13(2)12-17(16)30-22(20)24-18(25)10-11-19(26)27/h5-8,13H,3-4,9-12H2,1-2H3,(H,23,28)(H,24,25)(H,26,27)/t13-/m0/s1. The summed E-state index contributed by atoms with van der Waals surface area (Å²) in [5.41, 5.74) is 2.10. The topological polar surface area (TPSA) is 105 Å². The predicted molar refractivity (Wildman–Crippen MR) is 117 cm³/mol. The maximum Gasteiger partial charge on any atom is 0.303 e. The Morgan fingerprint density at radius 2 is 1.90 bits per heavy atom. The van der Waals surface area contributed by atoms with Gasteiger partial charge in [0.15, 0.2) is 0 Å². The fourth-order valence-electron chi connectivity index (χ4n) is 3.48. The van der Waals surface area contributed by atoms with E-state index in [0.717, 1.165) is 35.5 Å². The van der Waals surface area contributed by atoms with E-state index in [0.29, 0.717) is 28.8 Å². The first kappa shape index (κ1) is 21.8. The zero-order chi connectivity index (χ0) is 21.7. The number of carboxylic acids is 1. The van der Waals surface area contributed by atoms with Gasteiger partial charge in [0.05, 0.1) is 18.6 Å². The van der Waals surface area contributed by atoms with Gasteiger partial charge in [-0.3, -0.25) is 14.4 Å². The third-order valence-electron chi connectivity index (χ3n) is 4.98. The molecule has 0 radical (unpaired) electrons. The van der Waals surface area contributed by atoms with Crippen LogP contribution in [0.5, 0.6) is 5.75 Å². The van der Waals surface area contributed by atoms with E-state index < -0.39 is 11.9 Å². The molecule has 1 aliphatic carbocycles. The number of carbonyl (C=O) groups excluding carboxylic acids is 2. The number of hydrogen-bond donors (Lipinski definition) is 3. The normalized spacial score (nSPS) is 15.2. The molecule has 8 heteroatoms. The number of anilines is 2. The van der Waals surface area contributed by atoms with Crippen LogP contribution in [-0.2, 0) is 22.4 Å². The van der Waals surface area contributed by atoms with E-state index in [1.54, 1.807) is 24.3 Å². The van der Waals surface area contributed by atoms with Crippen molar-refractivity contribution in [2.75, 3.05) is 17.2 Å². The van der Waals surface area contributed by atoms with E-state index in [4.69, 9.17) is 9.84 Å². The minimum atomic E-state index is -1.03. The van der Waals surface area contributed by atoms with Gasteiger partial charge in [-0.1, -0.05) is 6.92 Å². The summed E-state index contributed by atoms with van der Waals surface area (Å²) in [6, 6.07) is 7.13. The van der Waals surface area contributed by atoms with Crippen LogP contribution in [0.3, 0.4) is 0 Å². The summed E-state index contributed by atoms with van der Waals surface area (Å²) in [5.74, 6) is -0.464. The maximum atomic E-state index is 13.1. The largest absolute Gasteiger partial charge is 0.494 e. The SMILES string of the molecule is CCOc1ccc(NC(=O)c2c(NC(=O)CCC(=O)O)sc3c2CC[C@H](C)C3)cc1. The molecule has 160 valence electrons. The summed E-state index contributed by atoms with van der Waals surface area (Å²) in [4.78, 5) is 37.2. The highest BCUT2D eigenvalue weighted by atomic mass is 32.1. The Morgan fingerprint density at radius 3 is 2.57 bits per heavy atom. The number of fused-ring (bicyclic) bond motifs is 1. The van der Waals surface area contributed by atoms with E-state index in [1.165, 1.54) is 11.3 Å². The van der Waals surface area contributed by atoms with E-state index >= 15 is 0 Å². The van der Waals surface area contributed by atoms with E-state index in [-0.39, 0.29) is 18.7 Å². The monoisotopic (exact) mass is 430 g/mol. The lowest BCUT2D eigenvalue weighted by molar-refractivity contribution is -0.138. The molecule has 1 aromatic carbocycles. The lowest BCUT2D eigenvalue weighted by Gasteiger charge is -2.18. The molecule has 0 fully saturated rings. The summed E-state index contributed by atoms with van der Waals surface area (Å²) in [7, 11) is 0. The molecule has 0 saturated heterocycles. The molecule has 30 heavy (non-hydrogen) atoms.